The van der Waals surface area contributed by atoms with Crippen molar-refractivity contribution in [1.29, 1.82) is 0 Å². The Kier molecular flexibility index (Phi) is 5.22. The van der Waals surface area contributed by atoms with Gasteiger partial charge in [-0.25, -0.2) is 4.98 Å². The molecule has 2 fully saturated rings. The lowest BCUT2D eigenvalue weighted by Crippen LogP contribution is -2.19. The van der Waals surface area contributed by atoms with Crippen molar-refractivity contribution in [2.75, 3.05) is 25.1 Å². The molecule has 6 heteroatoms. The number of H-pyrrole nitrogens is 1. The number of hydrogen-bond acceptors (Lipinski definition) is 5. The summed E-state index contributed by atoms with van der Waals surface area (Å²) in [6.45, 7) is 2.24. The monoisotopic (exact) mass is 417 g/mol. The summed E-state index contributed by atoms with van der Waals surface area (Å²) in [6, 6.07) is 11.4. The average Bonchev–Trinajstić information content (AvgIpc) is 3.52. The molecular weight excluding hydrogens is 390 g/mol. The molecule has 5 rings (SSSR count). The van der Waals surface area contributed by atoms with E-state index in [4.69, 9.17) is 4.74 Å². The Morgan fingerprint density at radius 2 is 1.90 bits per heavy atom. The first-order chi connectivity index (χ1) is 15.1. The van der Waals surface area contributed by atoms with E-state index < -0.39 is 0 Å². The van der Waals surface area contributed by atoms with Crippen molar-refractivity contribution in [1.82, 2.24) is 9.97 Å². The molecule has 2 aromatic carbocycles. The van der Waals surface area contributed by atoms with E-state index in [1.807, 2.05) is 12.1 Å². The molecule has 2 aliphatic rings. The highest BCUT2D eigenvalue weighted by Crippen LogP contribution is 2.37. The van der Waals surface area contributed by atoms with Crippen LogP contribution in [-0.4, -0.2) is 36.5 Å². The molecule has 1 aromatic heterocycles. The zero-order valence-electron chi connectivity index (χ0n) is 17.8. The van der Waals surface area contributed by atoms with Crippen molar-refractivity contribution in [2.24, 2.45) is 11.8 Å². The quantitative estimate of drug-likeness (QED) is 0.576. The number of fused-ring (bicyclic) bond motifs is 1. The van der Waals surface area contributed by atoms with Crippen LogP contribution < -0.4 is 15.2 Å². The van der Waals surface area contributed by atoms with E-state index in [2.05, 4.69) is 27.0 Å². The predicted molar refractivity (Wildman–Crippen MR) is 122 cm³/mol. The Hall–Kier alpha value is -3.15. The molecule has 2 heterocycles. The SMILES string of the molecule is COc1cc(C=O)c2c(=O)[nH]c(-c3ccc(N4CCC(CCC5CC5)C4)cc3)nc2c1. The first kappa shape index (κ1) is 19.8. The van der Waals surface area contributed by atoms with Gasteiger partial charge in [0.15, 0.2) is 6.29 Å². The van der Waals surface area contributed by atoms with Crippen LogP contribution in [0.25, 0.3) is 22.3 Å². The number of benzene rings is 2. The summed E-state index contributed by atoms with van der Waals surface area (Å²) >= 11 is 0. The molecule has 0 bridgehead atoms. The van der Waals surface area contributed by atoms with Gasteiger partial charge < -0.3 is 14.6 Å². The molecule has 160 valence electrons. The molecule has 1 aliphatic heterocycles. The molecular formula is C25H27N3O3. The van der Waals surface area contributed by atoms with Crippen LogP contribution in [0.2, 0.25) is 0 Å². The van der Waals surface area contributed by atoms with E-state index in [9.17, 15) is 9.59 Å². The fourth-order valence-electron chi connectivity index (χ4n) is 4.63. The van der Waals surface area contributed by atoms with Gasteiger partial charge in [-0.1, -0.05) is 19.3 Å². The van der Waals surface area contributed by atoms with Crippen LogP contribution in [0, 0.1) is 11.8 Å². The Balaban J connectivity index is 1.38. The summed E-state index contributed by atoms with van der Waals surface area (Å²) in [7, 11) is 1.53. The van der Waals surface area contributed by atoms with Crippen molar-refractivity contribution in [3.05, 3.63) is 52.3 Å². The molecule has 0 radical (unpaired) electrons. The molecule has 1 aliphatic carbocycles. The third-order valence-corrected chi connectivity index (χ3v) is 6.65. The molecule has 0 amide bonds. The van der Waals surface area contributed by atoms with Gasteiger partial charge in [0.2, 0.25) is 0 Å². The number of carbonyl (C=O) groups is 1. The second-order valence-electron chi connectivity index (χ2n) is 8.81. The van der Waals surface area contributed by atoms with Gasteiger partial charge in [-0.05, 0) is 55.0 Å². The van der Waals surface area contributed by atoms with Crippen LogP contribution in [0.1, 0.15) is 42.5 Å². The third kappa shape index (κ3) is 4.07. The zero-order chi connectivity index (χ0) is 21.4. The Morgan fingerprint density at radius 3 is 2.61 bits per heavy atom. The van der Waals surface area contributed by atoms with Crippen molar-refractivity contribution in [3.63, 3.8) is 0 Å². The number of aldehydes is 1. The lowest BCUT2D eigenvalue weighted by atomic mass is 10.0. The maximum Gasteiger partial charge on any atom is 0.259 e. The smallest absolute Gasteiger partial charge is 0.259 e. The number of carbonyl (C=O) groups excluding carboxylic acids is 1. The zero-order valence-corrected chi connectivity index (χ0v) is 17.8. The molecule has 1 N–H and O–H groups in total. The molecule has 1 atom stereocenters. The summed E-state index contributed by atoms with van der Waals surface area (Å²) in [5.74, 6) is 2.80. The summed E-state index contributed by atoms with van der Waals surface area (Å²) in [5.41, 5.74) is 2.44. The fraction of sp³-hybridized carbons (Fsp3) is 0.400. The number of hydrogen-bond donors (Lipinski definition) is 1. The number of methoxy groups -OCH3 is 1. The number of nitrogens with one attached hydrogen (secondary N) is 1. The number of aromatic amines is 1. The first-order valence-electron chi connectivity index (χ1n) is 11.1. The van der Waals surface area contributed by atoms with E-state index in [1.165, 1.54) is 44.9 Å². The van der Waals surface area contributed by atoms with Gasteiger partial charge in [0.25, 0.3) is 5.56 Å². The standard InChI is InChI=1S/C25H27N3O3/c1-31-21-12-19(15-29)23-22(13-21)26-24(27-25(23)30)18-6-8-20(9-7-18)28-11-10-17(14-28)5-4-16-2-3-16/h6-9,12-13,15-17H,2-5,10-11,14H2,1H3,(H,26,27,30). The topological polar surface area (TPSA) is 75.3 Å². The van der Waals surface area contributed by atoms with Gasteiger partial charge in [-0.2, -0.15) is 0 Å². The lowest BCUT2D eigenvalue weighted by molar-refractivity contribution is 0.112. The second-order valence-corrected chi connectivity index (χ2v) is 8.81. The highest BCUT2D eigenvalue weighted by Gasteiger charge is 2.26. The molecule has 0 spiro atoms. The third-order valence-electron chi connectivity index (χ3n) is 6.65. The van der Waals surface area contributed by atoms with Gasteiger partial charge in [0.05, 0.1) is 18.0 Å². The summed E-state index contributed by atoms with van der Waals surface area (Å²) in [6.07, 6.45) is 7.56. The van der Waals surface area contributed by atoms with Crippen LogP contribution in [-0.2, 0) is 0 Å². The maximum absolute atomic E-state index is 12.7. The first-order valence-corrected chi connectivity index (χ1v) is 11.1. The minimum absolute atomic E-state index is 0.273. The molecule has 1 saturated carbocycles. The van der Waals surface area contributed by atoms with Gasteiger partial charge in [-0.15, -0.1) is 0 Å². The molecule has 6 nitrogen and oxygen atoms in total. The Labute approximate surface area is 181 Å². The summed E-state index contributed by atoms with van der Waals surface area (Å²) in [5, 5.41) is 0.283. The van der Waals surface area contributed by atoms with Gasteiger partial charge in [-0.3, -0.25) is 9.59 Å². The summed E-state index contributed by atoms with van der Waals surface area (Å²) < 4.78 is 5.25. The normalized spacial score (nSPS) is 18.5. The number of nitrogens with zero attached hydrogens (tertiary/aromatic N) is 2. The Morgan fingerprint density at radius 1 is 1.13 bits per heavy atom. The van der Waals surface area contributed by atoms with E-state index in [-0.39, 0.29) is 16.5 Å². The minimum Gasteiger partial charge on any atom is -0.497 e. The van der Waals surface area contributed by atoms with Crippen molar-refractivity contribution < 1.29 is 9.53 Å². The highest BCUT2D eigenvalue weighted by molar-refractivity contribution is 5.97. The van der Waals surface area contributed by atoms with Gasteiger partial charge in [0.1, 0.15) is 11.6 Å². The molecule has 31 heavy (non-hydrogen) atoms. The predicted octanol–water partition coefficient (Wildman–Crippen LogP) is 4.43. The van der Waals surface area contributed by atoms with E-state index in [1.54, 1.807) is 12.1 Å². The highest BCUT2D eigenvalue weighted by atomic mass is 16.5. The maximum atomic E-state index is 12.7. The lowest BCUT2D eigenvalue weighted by Gasteiger charge is -2.19. The van der Waals surface area contributed by atoms with E-state index in [0.717, 1.165) is 30.5 Å². The van der Waals surface area contributed by atoms with E-state index in [0.29, 0.717) is 23.4 Å². The number of rotatable bonds is 7. The van der Waals surface area contributed by atoms with Crippen LogP contribution in [0.4, 0.5) is 5.69 Å². The molecule has 1 saturated heterocycles. The number of ether oxygens (including phenoxy) is 1. The molecule has 1 unspecified atom stereocenters. The average molecular weight is 418 g/mol. The largest absolute Gasteiger partial charge is 0.497 e. The summed E-state index contributed by atoms with van der Waals surface area (Å²) in [4.78, 5) is 34.0. The van der Waals surface area contributed by atoms with Crippen LogP contribution in [0.3, 0.4) is 0 Å². The van der Waals surface area contributed by atoms with Crippen LogP contribution in [0.15, 0.2) is 41.2 Å². The minimum atomic E-state index is -0.327. The van der Waals surface area contributed by atoms with Crippen molar-refractivity contribution in [2.45, 2.75) is 32.1 Å². The van der Waals surface area contributed by atoms with Crippen LogP contribution in [0.5, 0.6) is 5.75 Å². The molecule has 3 aromatic rings. The van der Waals surface area contributed by atoms with Crippen molar-refractivity contribution >= 4 is 22.9 Å². The number of aromatic nitrogens is 2. The Bertz CT molecular complexity index is 1170. The van der Waals surface area contributed by atoms with Gasteiger partial charge >= 0.3 is 0 Å². The number of anilines is 1. The van der Waals surface area contributed by atoms with E-state index >= 15 is 0 Å². The second kappa shape index (κ2) is 8.17. The van der Waals surface area contributed by atoms with Crippen molar-refractivity contribution in [3.8, 4) is 17.1 Å². The van der Waals surface area contributed by atoms with Crippen LogP contribution >= 0.6 is 0 Å². The fourth-order valence-corrected chi connectivity index (χ4v) is 4.63. The van der Waals surface area contributed by atoms with Gasteiger partial charge in [0, 0.05) is 36.0 Å².